The summed E-state index contributed by atoms with van der Waals surface area (Å²) in [7, 11) is 0. The highest BCUT2D eigenvalue weighted by atomic mass is 127. The van der Waals surface area contributed by atoms with Crippen LogP contribution in [-0.2, 0) is 6.54 Å². The molecule has 1 unspecified atom stereocenters. The summed E-state index contributed by atoms with van der Waals surface area (Å²) in [4.78, 5) is 9.31. The second kappa shape index (κ2) is 14.0. The topological polar surface area (TPSA) is 66.1 Å². The Kier molecular flexibility index (Phi) is 12.5. The van der Waals surface area contributed by atoms with Gasteiger partial charge in [0.15, 0.2) is 5.96 Å². The molecule has 0 saturated carbocycles. The first kappa shape index (κ1) is 25.0. The third-order valence-electron chi connectivity index (χ3n) is 5.35. The van der Waals surface area contributed by atoms with E-state index in [2.05, 4.69) is 53.0 Å². The van der Waals surface area contributed by atoms with Gasteiger partial charge < -0.3 is 20.7 Å². The lowest BCUT2D eigenvalue weighted by Crippen LogP contribution is -2.42. The van der Waals surface area contributed by atoms with E-state index in [1.54, 1.807) is 0 Å². The van der Waals surface area contributed by atoms with Gasteiger partial charge >= 0.3 is 0 Å². The average Bonchev–Trinajstić information content (AvgIpc) is 3.16. The summed E-state index contributed by atoms with van der Waals surface area (Å²) < 4.78 is 5.82. The van der Waals surface area contributed by atoms with Gasteiger partial charge in [0, 0.05) is 19.1 Å². The van der Waals surface area contributed by atoms with E-state index in [9.17, 15) is 0 Å². The number of nitrogens with two attached hydrogens (primary N) is 1. The minimum atomic E-state index is 0. The first-order valence-corrected chi connectivity index (χ1v) is 10.4. The molecule has 28 heavy (non-hydrogen) atoms. The molecule has 7 heteroatoms. The fraction of sp³-hybridized carbons (Fsp3) is 0.667. The number of benzene rings is 1. The number of nitrogens with zero attached hydrogens (tertiary/aromatic N) is 3. The molecule has 1 atom stereocenters. The maximum atomic E-state index is 6.03. The second-order valence-corrected chi connectivity index (χ2v) is 7.03. The Balaban J connectivity index is 0.00000392. The molecule has 1 aliphatic rings. The number of ether oxygens (including phenoxy) is 1. The Labute approximate surface area is 187 Å². The molecule has 1 heterocycles. The first-order chi connectivity index (χ1) is 13.2. The molecule has 0 spiro atoms. The standard InChI is InChI=1S/C21H37N5O.HI/c1-4-25(5-2)14-15-27-20-11-9-18(10-12-20)16-23-21(22)24-17-19-8-7-13-26(19)6-3;/h9-12,19H,4-8,13-17H2,1-3H3,(H3,22,23,24);1H. The Bertz CT molecular complexity index is 562. The molecule has 0 aliphatic carbocycles. The van der Waals surface area contributed by atoms with Gasteiger partial charge in [0.2, 0.25) is 0 Å². The maximum absolute atomic E-state index is 6.03. The predicted molar refractivity (Wildman–Crippen MR) is 129 cm³/mol. The highest BCUT2D eigenvalue weighted by Crippen LogP contribution is 2.15. The van der Waals surface area contributed by atoms with Gasteiger partial charge in [0.1, 0.15) is 12.4 Å². The number of likely N-dealkylation sites (tertiary alicyclic amines) is 1. The van der Waals surface area contributed by atoms with Gasteiger partial charge in [-0.3, -0.25) is 4.90 Å². The number of likely N-dealkylation sites (N-methyl/N-ethyl adjacent to an activating group) is 2. The summed E-state index contributed by atoms with van der Waals surface area (Å²) in [5.41, 5.74) is 7.16. The van der Waals surface area contributed by atoms with Gasteiger partial charge in [0.25, 0.3) is 0 Å². The van der Waals surface area contributed by atoms with Crippen LogP contribution in [0.1, 0.15) is 39.2 Å². The van der Waals surface area contributed by atoms with Crippen molar-refractivity contribution in [2.24, 2.45) is 10.7 Å². The number of guanidine groups is 1. The molecule has 2 rings (SSSR count). The smallest absolute Gasteiger partial charge is 0.188 e. The molecule has 1 aromatic rings. The van der Waals surface area contributed by atoms with Crippen LogP contribution in [0.4, 0.5) is 0 Å². The Morgan fingerprint density at radius 3 is 2.61 bits per heavy atom. The van der Waals surface area contributed by atoms with Crippen molar-refractivity contribution in [3.8, 4) is 5.75 Å². The van der Waals surface area contributed by atoms with Crippen LogP contribution < -0.4 is 15.8 Å². The Morgan fingerprint density at radius 2 is 1.96 bits per heavy atom. The quantitative estimate of drug-likeness (QED) is 0.276. The summed E-state index contributed by atoms with van der Waals surface area (Å²) >= 11 is 0. The van der Waals surface area contributed by atoms with E-state index in [0.717, 1.165) is 44.0 Å². The summed E-state index contributed by atoms with van der Waals surface area (Å²) in [6.45, 7) is 14.1. The van der Waals surface area contributed by atoms with Crippen molar-refractivity contribution in [1.29, 1.82) is 0 Å². The van der Waals surface area contributed by atoms with Crippen molar-refractivity contribution in [1.82, 2.24) is 15.1 Å². The number of aliphatic imine (C=N–C) groups is 1. The monoisotopic (exact) mass is 503 g/mol. The van der Waals surface area contributed by atoms with E-state index in [4.69, 9.17) is 10.5 Å². The van der Waals surface area contributed by atoms with E-state index in [0.29, 0.717) is 25.2 Å². The average molecular weight is 503 g/mol. The second-order valence-electron chi connectivity index (χ2n) is 7.03. The molecular weight excluding hydrogens is 465 g/mol. The van der Waals surface area contributed by atoms with Crippen molar-refractivity contribution in [3.05, 3.63) is 29.8 Å². The number of hydrogen-bond acceptors (Lipinski definition) is 4. The molecule has 1 saturated heterocycles. The number of rotatable bonds is 11. The van der Waals surface area contributed by atoms with Gasteiger partial charge in [-0.1, -0.05) is 32.9 Å². The first-order valence-electron chi connectivity index (χ1n) is 10.4. The Hall–Kier alpha value is -1.06. The largest absolute Gasteiger partial charge is 0.492 e. The third-order valence-corrected chi connectivity index (χ3v) is 5.35. The highest BCUT2D eigenvalue weighted by Gasteiger charge is 2.22. The summed E-state index contributed by atoms with van der Waals surface area (Å²) in [5, 5.41) is 3.28. The fourth-order valence-corrected chi connectivity index (χ4v) is 3.52. The highest BCUT2D eigenvalue weighted by molar-refractivity contribution is 14.0. The molecule has 0 aromatic heterocycles. The molecule has 1 aliphatic heterocycles. The minimum Gasteiger partial charge on any atom is -0.492 e. The number of halogens is 1. The zero-order valence-corrected chi connectivity index (χ0v) is 20.0. The Morgan fingerprint density at radius 1 is 1.25 bits per heavy atom. The van der Waals surface area contributed by atoms with Crippen LogP contribution in [0.15, 0.2) is 29.3 Å². The number of nitrogens with one attached hydrogen (secondary N) is 1. The molecular formula is C21H38IN5O. The van der Waals surface area contributed by atoms with E-state index in [1.165, 1.54) is 19.4 Å². The van der Waals surface area contributed by atoms with Crippen molar-refractivity contribution >= 4 is 29.9 Å². The lowest BCUT2D eigenvalue weighted by atomic mass is 10.2. The van der Waals surface area contributed by atoms with E-state index in [-0.39, 0.29) is 24.0 Å². The number of hydrogen-bond donors (Lipinski definition) is 2. The molecule has 0 radical (unpaired) electrons. The normalized spacial score (nSPS) is 17.6. The lowest BCUT2D eigenvalue weighted by Gasteiger charge is -2.23. The molecule has 1 aromatic carbocycles. The zero-order chi connectivity index (χ0) is 19.5. The van der Waals surface area contributed by atoms with E-state index in [1.807, 2.05) is 12.1 Å². The van der Waals surface area contributed by atoms with Gasteiger partial charge in [-0.25, -0.2) is 4.99 Å². The van der Waals surface area contributed by atoms with Crippen LogP contribution in [0.3, 0.4) is 0 Å². The summed E-state index contributed by atoms with van der Waals surface area (Å²) in [6.07, 6.45) is 2.52. The van der Waals surface area contributed by atoms with Crippen molar-refractivity contribution in [2.75, 3.05) is 45.9 Å². The molecule has 160 valence electrons. The van der Waals surface area contributed by atoms with Gasteiger partial charge in [-0.05, 0) is 56.7 Å². The van der Waals surface area contributed by atoms with Crippen LogP contribution >= 0.6 is 24.0 Å². The fourth-order valence-electron chi connectivity index (χ4n) is 3.52. The van der Waals surface area contributed by atoms with Crippen LogP contribution in [0, 0.1) is 0 Å². The van der Waals surface area contributed by atoms with Gasteiger partial charge in [0.05, 0.1) is 6.54 Å². The maximum Gasteiger partial charge on any atom is 0.188 e. The minimum absolute atomic E-state index is 0. The summed E-state index contributed by atoms with van der Waals surface area (Å²) in [5.74, 6) is 1.43. The van der Waals surface area contributed by atoms with E-state index < -0.39 is 0 Å². The van der Waals surface area contributed by atoms with E-state index >= 15 is 0 Å². The molecule has 0 bridgehead atoms. The van der Waals surface area contributed by atoms with Crippen molar-refractivity contribution in [2.45, 2.75) is 46.2 Å². The molecule has 0 amide bonds. The molecule has 3 N–H and O–H groups in total. The molecule has 6 nitrogen and oxygen atoms in total. The molecule has 1 fully saturated rings. The van der Waals surface area contributed by atoms with Crippen molar-refractivity contribution in [3.63, 3.8) is 0 Å². The van der Waals surface area contributed by atoms with Crippen LogP contribution in [0.25, 0.3) is 0 Å². The van der Waals surface area contributed by atoms with Crippen LogP contribution in [0.2, 0.25) is 0 Å². The SMILES string of the molecule is CCN(CC)CCOc1ccc(CN=C(N)NCC2CCCN2CC)cc1.I. The predicted octanol–water partition coefficient (Wildman–Crippen LogP) is 2.91. The zero-order valence-electron chi connectivity index (χ0n) is 17.7. The van der Waals surface area contributed by atoms with Gasteiger partial charge in [-0.2, -0.15) is 0 Å². The van der Waals surface area contributed by atoms with Crippen LogP contribution in [0.5, 0.6) is 5.75 Å². The van der Waals surface area contributed by atoms with Crippen LogP contribution in [-0.4, -0.2) is 67.7 Å². The third kappa shape index (κ3) is 8.53. The summed E-state index contributed by atoms with van der Waals surface area (Å²) in [6, 6.07) is 8.71. The lowest BCUT2D eigenvalue weighted by molar-refractivity contribution is 0.223. The van der Waals surface area contributed by atoms with Crippen molar-refractivity contribution < 1.29 is 4.74 Å². The van der Waals surface area contributed by atoms with Gasteiger partial charge in [-0.15, -0.1) is 24.0 Å².